The molecular formula is C26H26F2N4O3. The first-order valence-corrected chi connectivity index (χ1v) is 10.8. The Hall–Kier alpha value is -3.95. The van der Waals surface area contributed by atoms with Gasteiger partial charge in [-0.1, -0.05) is 12.1 Å². The van der Waals surface area contributed by atoms with Gasteiger partial charge in [0, 0.05) is 36.7 Å². The molecule has 0 saturated carbocycles. The quantitative estimate of drug-likeness (QED) is 0.332. The van der Waals surface area contributed by atoms with E-state index < -0.39 is 29.7 Å². The Morgan fingerprint density at radius 3 is 2.54 bits per heavy atom. The number of carbonyl (C=O) groups excluding carboxylic acids is 1. The Morgan fingerprint density at radius 2 is 1.91 bits per heavy atom. The largest absolute Gasteiger partial charge is 0.398 e. The van der Waals surface area contributed by atoms with Crippen LogP contribution in [0.3, 0.4) is 0 Å². The van der Waals surface area contributed by atoms with Crippen LogP contribution in [0.2, 0.25) is 0 Å². The fraction of sp³-hybridized carbons (Fsp3) is 0.192. The maximum atomic E-state index is 14.8. The summed E-state index contributed by atoms with van der Waals surface area (Å²) in [4.78, 5) is 17.5. The van der Waals surface area contributed by atoms with Crippen molar-refractivity contribution in [2.24, 2.45) is 5.73 Å². The van der Waals surface area contributed by atoms with Crippen molar-refractivity contribution in [2.45, 2.75) is 18.6 Å². The fourth-order valence-corrected chi connectivity index (χ4v) is 3.58. The predicted octanol–water partition coefficient (Wildman–Crippen LogP) is 3.08. The highest BCUT2D eigenvalue weighted by Crippen LogP contribution is 2.21. The van der Waals surface area contributed by atoms with E-state index in [2.05, 4.69) is 10.3 Å². The zero-order chi connectivity index (χ0) is 25.4. The Kier molecular flexibility index (Phi) is 8.77. The number of aliphatic hydroxyl groups excluding tert-OH is 1. The lowest BCUT2D eigenvalue weighted by atomic mass is 9.99. The second-order valence-electron chi connectivity index (χ2n) is 7.74. The van der Waals surface area contributed by atoms with E-state index >= 15 is 0 Å². The van der Waals surface area contributed by atoms with Gasteiger partial charge in [0.15, 0.2) is 0 Å². The van der Waals surface area contributed by atoms with E-state index in [1.807, 2.05) is 0 Å². The van der Waals surface area contributed by atoms with Crippen molar-refractivity contribution in [3.63, 3.8) is 0 Å². The van der Waals surface area contributed by atoms with E-state index in [0.29, 0.717) is 11.3 Å². The van der Waals surface area contributed by atoms with Crippen molar-refractivity contribution in [3.8, 4) is 0 Å². The summed E-state index contributed by atoms with van der Waals surface area (Å²) in [6.45, 7) is -0.360. The number of nitrogens with one attached hydrogen (secondary N) is 2. The van der Waals surface area contributed by atoms with Gasteiger partial charge in [-0.05, 0) is 60.2 Å². The topological polar surface area (TPSA) is 121 Å². The highest BCUT2D eigenvalue weighted by Gasteiger charge is 2.26. The number of allylic oxidation sites excluding steroid dienone is 1. The Balaban J connectivity index is 1.91. The number of hydrogen-bond donors (Lipinski definition) is 4. The van der Waals surface area contributed by atoms with Gasteiger partial charge in [0.05, 0.1) is 23.9 Å². The van der Waals surface area contributed by atoms with Gasteiger partial charge in [-0.2, -0.15) is 0 Å². The van der Waals surface area contributed by atoms with Crippen LogP contribution in [0.25, 0.3) is 5.70 Å². The number of methoxy groups -OCH3 is 1. The number of ether oxygens (including phenoxy) is 1. The van der Waals surface area contributed by atoms with E-state index in [1.165, 1.54) is 49.6 Å². The van der Waals surface area contributed by atoms with Crippen LogP contribution in [0, 0.1) is 17.0 Å². The summed E-state index contributed by atoms with van der Waals surface area (Å²) in [5.74, 6) is -1.84. The third-order valence-electron chi connectivity index (χ3n) is 5.41. The summed E-state index contributed by atoms with van der Waals surface area (Å²) in [5.41, 5.74) is 6.71. The van der Waals surface area contributed by atoms with Crippen molar-refractivity contribution >= 4 is 17.3 Å². The maximum absolute atomic E-state index is 14.8. The molecule has 5 N–H and O–H groups in total. The molecule has 0 spiro atoms. The lowest BCUT2D eigenvalue weighted by Gasteiger charge is -2.26. The summed E-state index contributed by atoms with van der Waals surface area (Å²) in [6, 6.07) is 13.8. The van der Waals surface area contributed by atoms with Crippen molar-refractivity contribution in [1.29, 1.82) is 5.41 Å². The molecule has 0 bridgehead atoms. The normalized spacial score (nSPS) is 13.2. The first kappa shape index (κ1) is 25.7. The number of benzene rings is 2. The third-order valence-corrected chi connectivity index (χ3v) is 5.41. The van der Waals surface area contributed by atoms with E-state index in [-0.39, 0.29) is 35.6 Å². The van der Waals surface area contributed by atoms with Gasteiger partial charge in [0.25, 0.3) is 5.91 Å². The predicted molar refractivity (Wildman–Crippen MR) is 129 cm³/mol. The second-order valence-corrected chi connectivity index (χ2v) is 7.74. The number of nitrogens with zero attached hydrogens (tertiary/aromatic N) is 1. The summed E-state index contributed by atoms with van der Waals surface area (Å²) < 4.78 is 33.4. The number of aliphatic hydroxyl groups is 1. The summed E-state index contributed by atoms with van der Waals surface area (Å²) in [5, 5.41) is 20.7. The lowest BCUT2D eigenvalue weighted by molar-refractivity contribution is 0.0213. The Bertz CT molecular complexity index is 1200. The molecule has 7 nitrogen and oxygen atoms in total. The van der Waals surface area contributed by atoms with Crippen molar-refractivity contribution in [1.82, 2.24) is 10.3 Å². The molecule has 1 amide bonds. The maximum Gasteiger partial charge on any atom is 0.252 e. The number of pyridine rings is 1. The zero-order valence-electron chi connectivity index (χ0n) is 19.0. The number of amides is 1. The molecule has 0 aliphatic rings. The molecule has 0 saturated heterocycles. The van der Waals surface area contributed by atoms with Crippen LogP contribution in [0.15, 0.2) is 72.9 Å². The van der Waals surface area contributed by atoms with Gasteiger partial charge in [-0.15, -0.1) is 0 Å². The number of halogens is 2. The standard InChI is InChI=1S/C26H26F2N4O3/c1-35-24(15-33)23(13-18-5-2-3-12-31-18)32-26(34)19-6-4-7-20(28)25(19)22(30)14-21(29)16-8-10-17(27)11-9-16/h2-12,14,23-24,29,33H,13,15,30H2,1H3,(H,32,34)/t23-,24+/m1/s1. The molecule has 182 valence electrons. The Labute approximate surface area is 201 Å². The molecule has 3 aromatic rings. The molecule has 0 aliphatic heterocycles. The van der Waals surface area contributed by atoms with E-state index in [9.17, 15) is 18.7 Å². The number of rotatable bonds is 10. The van der Waals surface area contributed by atoms with Crippen molar-refractivity contribution in [2.75, 3.05) is 13.7 Å². The van der Waals surface area contributed by atoms with Crippen LogP contribution >= 0.6 is 0 Å². The fourth-order valence-electron chi connectivity index (χ4n) is 3.58. The van der Waals surface area contributed by atoms with Crippen LogP contribution in [-0.2, 0) is 11.2 Å². The van der Waals surface area contributed by atoms with Crippen molar-refractivity contribution in [3.05, 3.63) is 107 Å². The minimum atomic E-state index is -0.745. The van der Waals surface area contributed by atoms with Crippen LogP contribution in [-0.4, -0.2) is 47.6 Å². The average molecular weight is 481 g/mol. The molecule has 1 heterocycles. The van der Waals surface area contributed by atoms with Crippen LogP contribution in [0.1, 0.15) is 27.2 Å². The van der Waals surface area contributed by atoms with Crippen LogP contribution in [0.4, 0.5) is 8.78 Å². The molecule has 1 aromatic heterocycles. The number of nitrogens with two attached hydrogens (primary N) is 1. The monoisotopic (exact) mass is 480 g/mol. The molecule has 0 fully saturated rings. The van der Waals surface area contributed by atoms with Gasteiger partial charge in [-0.3, -0.25) is 9.78 Å². The molecule has 0 unspecified atom stereocenters. The lowest BCUT2D eigenvalue weighted by Crippen LogP contribution is -2.47. The highest BCUT2D eigenvalue weighted by molar-refractivity contribution is 6.11. The molecule has 0 radical (unpaired) electrons. The number of aromatic nitrogens is 1. The molecule has 0 aliphatic carbocycles. The zero-order valence-corrected chi connectivity index (χ0v) is 19.0. The molecular weight excluding hydrogens is 454 g/mol. The minimum absolute atomic E-state index is 0.0514. The van der Waals surface area contributed by atoms with Gasteiger partial charge in [0.1, 0.15) is 17.7 Å². The Morgan fingerprint density at radius 1 is 1.17 bits per heavy atom. The number of hydrogen-bond acceptors (Lipinski definition) is 6. The summed E-state index contributed by atoms with van der Waals surface area (Å²) in [7, 11) is 1.41. The molecule has 3 rings (SSSR count). The molecule has 2 atom stereocenters. The third kappa shape index (κ3) is 6.56. The minimum Gasteiger partial charge on any atom is -0.398 e. The first-order valence-electron chi connectivity index (χ1n) is 10.8. The second kappa shape index (κ2) is 12.0. The summed E-state index contributed by atoms with van der Waals surface area (Å²) in [6.07, 6.45) is 2.34. The highest BCUT2D eigenvalue weighted by atomic mass is 19.1. The van der Waals surface area contributed by atoms with Gasteiger partial charge >= 0.3 is 0 Å². The van der Waals surface area contributed by atoms with Crippen LogP contribution in [0.5, 0.6) is 0 Å². The molecule has 9 heteroatoms. The van der Waals surface area contributed by atoms with Gasteiger partial charge < -0.3 is 26.3 Å². The van der Waals surface area contributed by atoms with Crippen molar-refractivity contribution < 1.29 is 23.4 Å². The van der Waals surface area contributed by atoms with E-state index in [0.717, 1.165) is 6.07 Å². The van der Waals surface area contributed by atoms with E-state index in [1.54, 1.807) is 24.4 Å². The van der Waals surface area contributed by atoms with Gasteiger partial charge in [0.2, 0.25) is 0 Å². The summed E-state index contributed by atoms with van der Waals surface area (Å²) >= 11 is 0. The van der Waals surface area contributed by atoms with Gasteiger partial charge in [-0.25, -0.2) is 8.78 Å². The molecule has 35 heavy (non-hydrogen) atoms. The number of carbonyl (C=O) groups is 1. The SMILES string of the molecule is CO[C@@H](CO)[C@@H](Cc1ccccn1)NC(=O)c1cccc(F)c1C(N)=CC(=N)c1ccc(F)cc1. The average Bonchev–Trinajstić information content (AvgIpc) is 2.85. The van der Waals surface area contributed by atoms with E-state index in [4.69, 9.17) is 15.9 Å². The molecule has 2 aromatic carbocycles. The van der Waals surface area contributed by atoms with Crippen LogP contribution < -0.4 is 11.1 Å². The smallest absolute Gasteiger partial charge is 0.252 e. The first-order chi connectivity index (χ1) is 16.8.